The van der Waals surface area contributed by atoms with Gasteiger partial charge in [0, 0.05) is 18.0 Å². The van der Waals surface area contributed by atoms with E-state index in [2.05, 4.69) is 38.8 Å². The van der Waals surface area contributed by atoms with E-state index < -0.39 is 20.2 Å². The summed E-state index contributed by atoms with van der Waals surface area (Å²) in [6.07, 6.45) is 2.52. The van der Waals surface area contributed by atoms with E-state index in [0.29, 0.717) is 5.56 Å². The lowest BCUT2D eigenvalue weighted by Crippen LogP contribution is -2.43. The monoisotopic (exact) mass is 345 g/mol. The molecule has 1 unspecified atom stereocenters. The number of carbonyl (C=O) groups excluding carboxylic acids is 1. The van der Waals surface area contributed by atoms with Gasteiger partial charge in [-0.3, -0.25) is 9.78 Å². The molecular formula is C19H24FNO2Si. The first-order valence-electron chi connectivity index (χ1n) is 7.99. The number of halogens is 1. The first-order chi connectivity index (χ1) is 11.1. The van der Waals surface area contributed by atoms with Gasteiger partial charge in [-0.15, -0.1) is 0 Å². The number of aromatic nitrogens is 1. The van der Waals surface area contributed by atoms with Crippen LogP contribution < -0.4 is 0 Å². The van der Waals surface area contributed by atoms with Crippen molar-refractivity contribution in [3.63, 3.8) is 0 Å². The lowest BCUT2D eigenvalue weighted by molar-refractivity contribution is 0.0766. The van der Waals surface area contributed by atoms with Crippen molar-refractivity contribution in [2.45, 2.75) is 45.0 Å². The predicted octanol–water partition coefficient (Wildman–Crippen LogP) is 5.17. The molecule has 0 N–H and O–H groups in total. The number of carbonyl (C=O) groups is 1. The summed E-state index contributed by atoms with van der Waals surface area (Å²) in [5.74, 6) is -0.660. The van der Waals surface area contributed by atoms with Crippen molar-refractivity contribution < 1.29 is 13.6 Å². The molecule has 128 valence electrons. The number of nitrogens with zero attached hydrogens (tertiary/aromatic N) is 1. The molecule has 1 heterocycles. The minimum absolute atomic E-state index is 0.0412. The van der Waals surface area contributed by atoms with E-state index in [1.54, 1.807) is 36.7 Å². The Hall–Kier alpha value is -1.85. The van der Waals surface area contributed by atoms with Crippen LogP contribution in [0.1, 0.15) is 42.8 Å². The highest BCUT2D eigenvalue weighted by Gasteiger charge is 2.41. The summed E-state index contributed by atoms with van der Waals surface area (Å²) in [5, 5.41) is -0.0412. The Morgan fingerprint density at radius 1 is 1.17 bits per heavy atom. The van der Waals surface area contributed by atoms with Crippen LogP contribution in [-0.2, 0) is 4.43 Å². The van der Waals surface area contributed by atoms with Crippen LogP contribution in [-0.4, -0.2) is 19.1 Å². The van der Waals surface area contributed by atoms with Gasteiger partial charge in [-0.2, -0.15) is 0 Å². The van der Waals surface area contributed by atoms with E-state index in [1.807, 2.05) is 0 Å². The fourth-order valence-corrected chi connectivity index (χ4v) is 3.26. The van der Waals surface area contributed by atoms with E-state index >= 15 is 0 Å². The SMILES string of the molecule is CC(C)(C)[Si](C)(C)OC(C(=O)c1cccc(F)c1)c1ccncc1. The van der Waals surface area contributed by atoms with Gasteiger partial charge in [0.2, 0.25) is 0 Å². The zero-order valence-corrected chi connectivity index (χ0v) is 15.8. The third-order valence-electron chi connectivity index (χ3n) is 4.57. The molecule has 0 radical (unpaired) electrons. The molecule has 0 aliphatic rings. The standard InChI is InChI=1S/C19H24FNO2Si/c1-19(2,3)24(4,5)23-18(14-9-11-21-12-10-14)17(22)15-7-6-8-16(20)13-15/h6-13,18H,1-5H3. The van der Waals surface area contributed by atoms with Crippen LogP contribution in [0.15, 0.2) is 48.8 Å². The maximum atomic E-state index is 13.5. The molecule has 1 aromatic carbocycles. The van der Waals surface area contributed by atoms with Gasteiger partial charge in [0.25, 0.3) is 0 Å². The van der Waals surface area contributed by atoms with E-state index in [1.165, 1.54) is 12.1 Å². The summed E-state index contributed by atoms with van der Waals surface area (Å²) in [6, 6.07) is 9.29. The van der Waals surface area contributed by atoms with Crippen molar-refractivity contribution in [2.24, 2.45) is 0 Å². The molecule has 24 heavy (non-hydrogen) atoms. The number of pyridine rings is 1. The van der Waals surface area contributed by atoms with Crippen molar-refractivity contribution in [1.82, 2.24) is 4.98 Å². The summed E-state index contributed by atoms with van der Waals surface area (Å²) in [4.78, 5) is 17.0. The summed E-state index contributed by atoms with van der Waals surface area (Å²) < 4.78 is 19.9. The molecule has 0 bridgehead atoms. The molecule has 0 aliphatic carbocycles. The topological polar surface area (TPSA) is 39.2 Å². The van der Waals surface area contributed by atoms with Gasteiger partial charge >= 0.3 is 0 Å². The number of ketones is 1. The maximum absolute atomic E-state index is 13.5. The lowest BCUT2D eigenvalue weighted by atomic mass is 10.0. The van der Waals surface area contributed by atoms with Crippen molar-refractivity contribution in [3.05, 3.63) is 65.7 Å². The van der Waals surface area contributed by atoms with Gasteiger partial charge in [-0.1, -0.05) is 32.9 Å². The lowest BCUT2D eigenvalue weighted by Gasteiger charge is -2.39. The van der Waals surface area contributed by atoms with Crippen LogP contribution in [0.4, 0.5) is 4.39 Å². The molecule has 0 spiro atoms. The fourth-order valence-electron chi connectivity index (χ4n) is 2.08. The molecule has 0 aliphatic heterocycles. The Labute approximate surface area is 144 Å². The Kier molecular flexibility index (Phi) is 5.35. The van der Waals surface area contributed by atoms with Crippen molar-refractivity contribution in [1.29, 1.82) is 0 Å². The smallest absolute Gasteiger partial charge is 0.195 e. The first kappa shape index (κ1) is 18.5. The van der Waals surface area contributed by atoms with Gasteiger partial charge < -0.3 is 4.43 Å². The minimum atomic E-state index is -2.20. The zero-order chi connectivity index (χ0) is 18.0. The highest BCUT2D eigenvalue weighted by molar-refractivity contribution is 6.74. The second-order valence-corrected chi connectivity index (χ2v) is 12.2. The molecule has 2 aromatic rings. The summed E-state index contributed by atoms with van der Waals surface area (Å²) in [5.41, 5.74) is 1.06. The Bertz CT molecular complexity index is 711. The van der Waals surface area contributed by atoms with E-state index in [-0.39, 0.29) is 10.8 Å². The van der Waals surface area contributed by atoms with Crippen LogP contribution in [0.5, 0.6) is 0 Å². The molecular weight excluding hydrogens is 321 g/mol. The Morgan fingerprint density at radius 2 is 1.79 bits per heavy atom. The van der Waals surface area contributed by atoms with Crippen LogP contribution in [0.2, 0.25) is 18.1 Å². The first-order valence-corrected chi connectivity index (χ1v) is 10.9. The molecule has 0 fully saturated rings. The largest absolute Gasteiger partial charge is 0.403 e. The Balaban J connectivity index is 2.43. The van der Waals surface area contributed by atoms with E-state index in [9.17, 15) is 9.18 Å². The number of rotatable bonds is 5. The highest BCUT2D eigenvalue weighted by atomic mass is 28.4. The minimum Gasteiger partial charge on any atom is -0.403 e. The average Bonchev–Trinajstić information content (AvgIpc) is 2.52. The second-order valence-electron chi connectivity index (χ2n) is 7.41. The average molecular weight is 345 g/mol. The maximum Gasteiger partial charge on any atom is 0.195 e. The molecule has 0 saturated heterocycles. The van der Waals surface area contributed by atoms with Gasteiger partial charge in [0.1, 0.15) is 11.9 Å². The van der Waals surface area contributed by atoms with Gasteiger partial charge in [0.15, 0.2) is 14.1 Å². The summed E-state index contributed by atoms with van der Waals surface area (Å²) in [7, 11) is -2.20. The number of benzene rings is 1. The van der Waals surface area contributed by atoms with E-state index in [0.717, 1.165) is 5.56 Å². The molecule has 1 atom stereocenters. The third kappa shape index (κ3) is 4.16. The van der Waals surface area contributed by atoms with Gasteiger partial charge in [-0.05, 0) is 48.0 Å². The zero-order valence-electron chi connectivity index (χ0n) is 14.8. The number of hydrogen-bond donors (Lipinski definition) is 0. The van der Waals surface area contributed by atoms with Gasteiger partial charge in [0.05, 0.1) is 0 Å². The van der Waals surface area contributed by atoms with Crippen LogP contribution in [0, 0.1) is 5.82 Å². The fraction of sp³-hybridized carbons (Fsp3) is 0.368. The van der Waals surface area contributed by atoms with Crippen molar-refractivity contribution >= 4 is 14.1 Å². The second kappa shape index (κ2) is 6.95. The van der Waals surface area contributed by atoms with E-state index in [4.69, 9.17) is 4.43 Å². The van der Waals surface area contributed by atoms with Crippen LogP contribution in [0.25, 0.3) is 0 Å². The molecule has 2 rings (SSSR count). The molecule has 0 amide bonds. The molecule has 5 heteroatoms. The normalized spacial score (nSPS) is 13.6. The van der Waals surface area contributed by atoms with Crippen LogP contribution >= 0.6 is 0 Å². The van der Waals surface area contributed by atoms with Crippen molar-refractivity contribution in [2.75, 3.05) is 0 Å². The van der Waals surface area contributed by atoms with Crippen molar-refractivity contribution in [3.8, 4) is 0 Å². The van der Waals surface area contributed by atoms with Crippen LogP contribution in [0.3, 0.4) is 0 Å². The molecule has 0 saturated carbocycles. The number of hydrogen-bond acceptors (Lipinski definition) is 3. The summed E-state index contributed by atoms with van der Waals surface area (Å²) >= 11 is 0. The van der Waals surface area contributed by atoms with Gasteiger partial charge in [-0.25, -0.2) is 4.39 Å². The number of Topliss-reactive ketones (excluding diaryl/α,β-unsaturated/α-hetero) is 1. The third-order valence-corrected chi connectivity index (χ3v) is 9.01. The quantitative estimate of drug-likeness (QED) is 0.554. The summed E-state index contributed by atoms with van der Waals surface area (Å²) in [6.45, 7) is 10.6. The highest BCUT2D eigenvalue weighted by Crippen LogP contribution is 2.40. The Morgan fingerprint density at radius 3 is 2.33 bits per heavy atom. The molecule has 1 aromatic heterocycles. The molecule has 3 nitrogen and oxygen atoms in total. The predicted molar refractivity (Wildman–Crippen MR) is 96.0 cm³/mol.